The van der Waals surface area contributed by atoms with Crippen LogP contribution in [0.25, 0.3) is 0 Å². The minimum Gasteiger partial charge on any atom is -0.352 e. The lowest BCUT2D eigenvalue weighted by atomic mass is 9.96. The van der Waals surface area contributed by atoms with Crippen LogP contribution in [0, 0.1) is 0 Å². The van der Waals surface area contributed by atoms with Crippen molar-refractivity contribution in [3.63, 3.8) is 0 Å². The topological polar surface area (TPSA) is 50.2 Å². The molecule has 5 nitrogen and oxygen atoms in total. The van der Waals surface area contributed by atoms with Crippen molar-refractivity contribution in [2.24, 2.45) is 0 Å². The molecule has 26 heavy (non-hydrogen) atoms. The number of piperidine rings is 1. The highest BCUT2D eigenvalue weighted by atomic mass is 16.2. The van der Waals surface area contributed by atoms with Gasteiger partial charge < -0.3 is 9.88 Å². The van der Waals surface area contributed by atoms with Crippen LogP contribution in [-0.4, -0.2) is 46.0 Å². The highest BCUT2D eigenvalue weighted by molar-refractivity contribution is 5.78. The van der Waals surface area contributed by atoms with Crippen molar-refractivity contribution in [3.05, 3.63) is 18.2 Å². The molecule has 1 aliphatic heterocycles. The van der Waals surface area contributed by atoms with Crippen LogP contribution in [0.4, 0.5) is 0 Å². The van der Waals surface area contributed by atoms with Gasteiger partial charge in [-0.15, -0.1) is 0 Å². The maximum Gasteiger partial charge on any atom is 0.234 e. The third-order valence-corrected chi connectivity index (χ3v) is 5.96. The summed E-state index contributed by atoms with van der Waals surface area (Å²) in [4.78, 5) is 19.5. The average molecular weight is 361 g/mol. The molecule has 1 N–H and O–H groups in total. The fraction of sp³-hybridized carbons (Fsp3) is 0.810. The van der Waals surface area contributed by atoms with Gasteiger partial charge in [0.25, 0.3) is 0 Å². The van der Waals surface area contributed by atoms with Crippen LogP contribution in [0.2, 0.25) is 0 Å². The van der Waals surface area contributed by atoms with E-state index in [1.54, 1.807) is 0 Å². The number of nitrogens with zero attached hydrogens (tertiary/aromatic N) is 3. The van der Waals surface area contributed by atoms with Gasteiger partial charge in [0.2, 0.25) is 5.91 Å². The van der Waals surface area contributed by atoms with Crippen LogP contribution in [0.15, 0.2) is 12.4 Å². The number of amides is 1. The largest absolute Gasteiger partial charge is 0.352 e. The highest BCUT2D eigenvalue weighted by Gasteiger charge is 2.26. The minimum atomic E-state index is 0.212. The van der Waals surface area contributed by atoms with E-state index >= 15 is 0 Å². The van der Waals surface area contributed by atoms with Gasteiger partial charge in [-0.05, 0) is 46.1 Å². The number of aromatic nitrogens is 2. The number of rotatable bonds is 5. The van der Waals surface area contributed by atoms with Crippen LogP contribution in [-0.2, 0) is 4.79 Å². The molecule has 1 aromatic rings. The lowest BCUT2D eigenvalue weighted by Gasteiger charge is -2.33. The van der Waals surface area contributed by atoms with E-state index in [0.717, 1.165) is 32.4 Å². The first-order chi connectivity index (χ1) is 12.6. The number of hydrogen-bond acceptors (Lipinski definition) is 3. The van der Waals surface area contributed by atoms with Gasteiger partial charge in [-0.1, -0.05) is 32.1 Å². The van der Waals surface area contributed by atoms with Crippen molar-refractivity contribution < 1.29 is 4.79 Å². The van der Waals surface area contributed by atoms with E-state index in [-0.39, 0.29) is 5.91 Å². The zero-order valence-electron chi connectivity index (χ0n) is 16.6. The number of nitrogens with one attached hydrogen (secondary N) is 1. The maximum atomic E-state index is 12.6. The normalized spacial score (nSPS) is 23.6. The van der Waals surface area contributed by atoms with Gasteiger partial charge in [-0.25, -0.2) is 4.98 Å². The summed E-state index contributed by atoms with van der Waals surface area (Å²) in [6, 6.07) is 0.828. The third-order valence-electron chi connectivity index (χ3n) is 5.96. The minimum absolute atomic E-state index is 0.212. The second-order valence-electron chi connectivity index (χ2n) is 8.47. The van der Waals surface area contributed by atoms with E-state index in [0.29, 0.717) is 24.5 Å². The van der Waals surface area contributed by atoms with E-state index in [1.165, 1.54) is 44.3 Å². The lowest BCUT2D eigenvalue weighted by Crippen LogP contribution is -2.45. The highest BCUT2D eigenvalue weighted by Crippen LogP contribution is 2.27. The average Bonchev–Trinajstić information content (AvgIpc) is 3.07. The molecule has 2 heterocycles. The van der Waals surface area contributed by atoms with Crippen molar-refractivity contribution in [1.82, 2.24) is 19.8 Å². The molecule has 146 valence electrons. The summed E-state index contributed by atoms with van der Waals surface area (Å²) in [5, 5.41) is 3.31. The van der Waals surface area contributed by atoms with Crippen molar-refractivity contribution >= 4 is 5.91 Å². The fourth-order valence-corrected chi connectivity index (χ4v) is 4.56. The molecular formula is C21H36N4O. The number of hydrogen-bond donors (Lipinski definition) is 1. The molecule has 0 radical (unpaired) electrons. The Morgan fingerprint density at radius 2 is 1.88 bits per heavy atom. The van der Waals surface area contributed by atoms with Gasteiger partial charge in [0.15, 0.2) is 0 Å². The van der Waals surface area contributed by atoms with Crippen LogP contribution < -0.4 is 5.32 Å². The van der Waals surface area contributed by atoms with Gasteiger partial charge in [-0.3, -0.25) is 9.69 Å². The van der Waals surface area contributed by atoms with E-state index < -0.39 is 0 Å². The Bertz CT molecular complexity index is 560. The van der Waals surface area contributed by atoms with E-state index in [4.69, 9.17) is 0 Å². The van der Waals surface area contributed by atoms with E-state index in [2.05, 4.69) is 39.8 Å². The molecule has 1 amide bonds. The number of carbonyl (C=O) groups excluding carboxylic acids is 1. The molecule has 1 aliphatic carbocycles. The lowest BCUT2D eigenvalue weighted by molar-refractivity contribution is -0.123. The van der Waals surface area contributed by atoms with Crippen molar-refractivity contribution in [1.29, 1.82) is 0 Å². The molecule has 0 aromatic carbocycles. The third kappa shape index (κ3) is 5.32. The van der Waals surface area contributed by atoms with Gasteiger partial charge >= 0.3 is 0 Å². The molecule has 2 aliphatic rings. The first-order valence-corrected chi connectivity index (χ1v) is 10.7. The van der Waals surface area contributed by atoms with Crippen LogP contribution >= 0.6 is 0 Å². The summed E-state index contributed by atoms with van der Waals surface area (Å²) in [6.45, 7) is 6.91. The smallest absolute Gasteiger partial charge is 0.234 e. The predicted octanol–water partition coefficient (Wildman–Crippen LogP) is 3.87. The molecule has 3 rings (SSSR count). The molecule has 1 atom stereocenters. The summed E-state index contributed by atoms with van der Waals surface area (Å²) < 4.78 is 2.28. The molecule has 0 spiro atoms. The molecule has 1 saturated carbocycles. The summed E-state index contributed by atoms with van der Waals surface area (Å²) in [7, 11) is 0. The summed E-state index contributed by atoms with van der Waals surface area (Å²) >= 11 is 0. The van der Waals surface area contributed by atoms with Gasteiger partial charge in [0, 0.05) is 36.9 Å². The molecule has 0 unspecified atom stereocenters. The molecular weight excluding hydrogens is 324 g/mol. The predicted molar refractivity (Wildman–Crippen MR) is 105 cm³/mol. The zero-order chi connectivity index (χ0) is 18.4. The van der Waals surface area contributed by atoms with E-state index in [1.807, 2.05) is 6.20 Å². The van der Waals surface area contributed by atoms with E-state index in [9.17, 15) is 4.79 Å². The quantitative estimate of drug-likeness (QED) is 0.867. The van der Waals surface area contributed by atoms with Crippen LogP contribution in [0.5, 0.6) is 0 Å². The Balaban J connectivity index is 1.51. The summed E-state index contributed by atoms with van der Waals surface area (Å²) in [5.74, 6) is 1.84. The first-order valence-electron chi connectivity index (χ1n) is 10.7. The number of imidazole rings is 1. The zero-order valence-corrected chi connectivity index (χ0v) is 16.6. The summed E-state index contributed by atoms with van der Waals surface area (Å²) in [6.07, 6.45) is 15.1. The van der Waals surface area contributed by atoms with Crippen molar-refractivity contribution in [2.45, 2.75) is 89.6 Å². The van der Waals surface area contributed by atoms with Gasteiger partial charge in [0.05, 0.1) is 6.54 Å². The standard InChI is InChI=1S/C21H36N4O/c1-17(2)25-14-12-22-21(25)18-9-8-13-24(15-18)16-20(26)23-19-10-6-4-3-5-7-11-19/h12,14,17-19H,3-11,13,15-16H2,1-2H3,(H,23,26)/t18-/m0/s1. The Hall–Kier alpha value is -1.36. The summed E-state index contributed by atoms with van der Waals surface area (Å²) in [5.41, 5.74) is 0. The molecule has 5 heteroatoms. The van der Waals surface area contributed by atoms with Crippen molar-refractivity contribution in [2.75, 3.05) is 19.6 Å². The SMILES string of the molecule is CC(C)n1ccnc1[C@H]1CCCN(CC(=O)NC2CCCCCCC2)C1. The monoisotopic (exact) mass is 360 g/mol. The second-order valence-corrected chi connectivity index (χ2v) is 8.47. The number of likely N-dealkylation sites (tertiary alicyclic amines) is 1. The molecule has 2 fully saturated rings. The molecule has 1 aromatic heterocycles. The maximum absolute atomic E-state index is 12.6. The Morgan fingerprint density at radius 1 is 1.15 bits per heavy atom. The Morgan fingerprint density at radius 3 is 2.62 bits per heavy atom. The second kappa shape index (κ2) is 9.54. The Kier molecular flexibility index (Phi) is 7.12. The molecule has 0 bridgehead atoms. The first kappa shape index (κ1) is 19.4. The molecule has 1 saturated heterocycles. The van der Waals surface area contributed by atoms with Gasteiger partial charge in [-0.2, -0.15) is 0 Å². The van der Waals surface area contributed by atoms with Crippen LogP contribution in [0.1, 0.15) is 89.4 Å². The number of carbonyl (C=O) groups is 1. The van der Waals surface area contributed by atoms with Gasteiger partial charge in [0.1, 0.15) is 5.82 Å². The van der Waals surface area contributed by atoms with Crippen molar-refractivity contribution in [3.8, 4) is 0 Å². The van der Waals surface area contributed by atoms with Crippen LogP contribution in [0.3, 0.4) is 0 Å². The Labute approximate surface area is 158 Å². The fourth-order valence-electron chi connectivity index (χ4n) is 4.56.